The van der Waals surface area contributed by atoms with Crippen LogP contribution in [0.5, 0.6) is 5.75 Å². The van der Waals surface area contributed by atoms with Crippen molar-refractivity contribution in [1.29, 1.82) is 0 Å². The molecule has 0 saturated carbocycles. The third kappa shape index (κ3) is 4.77. The molecule has 0 aromatic heterocycles. The molecule has 0 fully saturated rings. The Morgan fingerprint density at radius 1 is 1.50 bits per heavy atom. The van der Waals surface area contributed by atoms with Gasteiger partial charge in [0.1, 0.15) is 12.4 Å². The Labute approximate surface area is 94.2 Å². The maximum atomic E-state index is 10.4. The zero-order valence-corrected chi connectivity index (χ0v) is 9.14. The highest BCUT2D eigenvalue weighted by Gasteiger charge is 2.04. The molecule has 16 heavy (non-hydrogen) atoms. The van der Waals surface area contributed by atoms with Gasteiger partial charge in [-0.1, -0.05) is 12.1 Å². The van der Waals surface area contributed by atoms with E-state index in [0.29, 0.717) is 0 Å². The fourth-order valence-electron chi connectivity index (χ4n) is 1.28. The maximum absolute atomic E-state index is 10.4. The average Bonchev–Trinajstić information content (AvgIpc) is 2.21. The van der Waals surface area contributed by atoms with Gasteiger partial charge in [0, 0.05) is 6.04 Å². The first-order chi connectivity index (χ1) is 7.58. The highest BCUT2D eigenvalue weighted by molar-refractivity contribution is 5.74. The van der Waals surface area contributed by atoms with Gasteiger partial charge in [0.2, 0.25) is 5.91 Å². The van der Waals surface area contributed by atoms with Gasteiger partial charge in [0.15, 0.2) is 0 Å². The molecule has 1 rings (SSSR count). The van der Waals surface area contributed by atoms with E-state index in [-0.39, 0.29) is 18.4 Å². The number of rotatable bonds is 6. The number of hydrogen-bond acceptors (Lipinski definition) is 4. The number of hydroxylamine groups is 1. The number of nitrogens with one attached hydrogen (secondary N) is 1. The minimum Gasteiger partial charge on any atom is -0.508 e. The van der Waals surface area contributed by atoms with Crippen LogP contribution in [0, 0.1) is 0 Å². The van der Waals surface area contributed by atoms with Gasteiger partial charge in [-0.05, 0) is 31.0 Å². The Bertz CT molecular complexity index is 338. The van der Waals surface area contributed by atoms with E-state index in [1.165, 1.54) is 0 Å². The van der Waals surface area contributed by atoms with Crippen molar-refractivity contribution < 1.29 is 14.7 Å². The molecule has 88 valence electrons. The Kier molecular flexibility index (Phi) is 4.75. The molecule has 1 atom stereocenters. The predicted octanol–water partition coefficient (Wildman–Crippen LogP) is 0.330. The Morgan fingerprint density at radius 3 is 2.69 bits per heavy atom. The lowest BCUT2D eigenvalue weighted by Crippen LogP contribution is -2.32. The lowest BCUT2D eigenvalue weighted by atomic mass is 10.1. The first kappa shape index (κ1) is 12.5. The number of phenols is 1. The second-order valence-corrected chi connectivity index (χ2v) is 3.64. The van der Waals surface area contributed by atoms with Crippen molar-refractivity contribution in [1.82, 2.24) is 5.48 Å². The zero-order valence-electron chi connectivity index (χ0n) is 9.14. The molecule has 5 nitrogen and oxygen atoms in total. The molecule has 0 aliphatic carbocycles. The summed E-state index contributed by atoms with van der Waals surface area (Å²) in [5, 5.41) is 9.10. The fraction of sp³-hybridized carbons (Fsp3) is 0.364. The van der Waals surface area contributed by atoms with Crippen LogP contribution in [-0.4, -0.2) is 23.7 Å². The highest BCUT2D eigenvalue weighted by Crippen LogP contribution is 2.11. The molecule has 0 aliphatic rings. The van der Waals surface area contributed by atoms with Crippen molar-refractivity contribution in [3.05, 3.63) is 29.8 Å². The van der Waals surface area contributed by atoms with Gasteiger partial charge in [-0.2, -0.15) is 5.48 Å². The molecule has 1 aromatic carbocycles. The van der Waals surface area contributed by atoms with Gasteiger partial charge in [-0.3, -0.25) is 9.63 Å². The van der Waals surface area contributed by atoms with Crippen molar-refractivity contribution in [2.24, 2.45) is 5.73 Å². The first-order valence-corrected chi connectivity index (χ1v) is 5.01. The van der Waals surface area contributed by atoms with Crippen LogP contribution in [0.3, 0.4) is 0 Å². The Hall–Kier alpha value is -1.59. The average molecular weight is 224 g/mol. The summed E-state index contributed by atoms with van der Waals surface area (Å²) in [4.78, 5) is 15.3. The molecule has 0 aliphatic heterocycles. The smallest absolute Gasteiger partial charge is 0.245 e. The molecule has 1 unspecified atom stereocenters. The first-order valence-electron chi connectivity index (χ1n) is 5.01. The van der Waals surface area contributed by atoms with Crippen LogP contribution in [0.25, 0.3) is 0 Å². The third-order valence-corrected chi connectivity index (χ3v) is 1.98. The summed E-state index contributed by atoms with van der Waals surface area (Å²) in [6.45, 7) is 1.79. The van der Waals surface area contributed by atoms with Gasteiger partial charge in [0.25, 0.3) is 0 Å². The van der Waals surface area contributed by atoms with Crippen molar-refractivity contribution >= 4 is 5.91 Å². The molecule has 1 aromatic rings. The molecule has 5 heteroatoms. The van der Waals surface area contributed by atoms with E-state index in [4.69, 9.17) is 15.7 Å². The third-order valence-electron chi connectivity index (χ3n) is 1.98. The molecule has 0 spiro atoms. The lowest BCUT2D eigenvalue weighted by Gasteiger charge is -2.12. The number of hydrogen-bond donors (Lipinski definition) is 3. The number of carbonyl (C=O) groups is 1. The van der Waals surface area contributed by atoms with E-state index in [9.17, 15) is 4.79 Å². The molecular weight excluding hydrogens is 208 g/mol. The fourth-order valence-corrected chi connectivity index (χ4v) is 1.28. The summed E-state index contributed by atoms with van der Waals surface area (Å²) >= 11 is 0. The second kappa shape index (κ2) is 6.09. The summed E-state index contributed by atoms with van der Waals surface area (Å²) in [5.74, 6) is -0.265. The summed E-state index contributed by atoms with van der Waals surface area (Å²) in [6, 6.07) is 6.99. The van der Waals surface area contributed by atoms with Crippen molar-refractivity contribution in [3.63, 3.8) is 0 Å². The summed E-state index contributed by atoms with van der Waals surface area (Å²) in [7, 11) is 0. The molecular formula is C11H16N2O3. The topological polar surface area (TPSA) is 84.6 Å². The van der Waals surface area contributed by atoms with Crippen molar-refractivity contribution in [3.8, 4) is 5.75 Å². The molecule has 0 saturated heterocycles. The zero-order chi connectivity index (χ0) is 12.0. The number of carbonyl (C=O) groups excluding carboxylic acids is 1. The normalized spacial score (nSPS) is 12.3. The molecule has 4 N–H and O–H groups in total. The van der Waals surface area contributed by atoms with Gasteiger partial charge in [0.05, 0.1) is 0 Å². The highest BCUT2D eigenvalue weighted by atomic mass is 16.6. The maximum Gasteiger partial charge on any atom is 0.245 e. The van der Waals surface area contributed by atoms with Crippen molar-refractivity contribution in [2.45, 2.75) is 19.4 Å². The summed E-state index contributed by atoms with van der Waals surface area (Å²) in [6.07, 6.45) is 0.735. The van der Waals surface area contributed by atoms with Crippen LogP contribution in [0.15, 0.2) is 24.3 Å². The number of primary amides is 1. The SMILES string of the molecule is CC(Cc1ccc(O)cc1)NOCC(N)=O. The monoisotopic (exact) mass is 224 g/mol. The predicted molar refractivity (Wildman–Crippen MR) is 59.6 cm³/mol. The van der Waals surface area contributed by atoms with Crippen LogP contribution in [0.4, 0.5) is 0 Å². The van der Waals surface area contributed by atoms with E-state index in [2.05, 4.69) is 5.48 Å². The molecule has 0 bridgehead atoms. The number of aromatic hydroxyl groups is 1. The number of nitrogens with two attached hydrogens (primary N) is 1. The van der Waals surface area contributed by atoms with E-state index in [1.807, 2.05) is 19.1 Å². The standard InChI is InChI=1S/C11H16N2O3/c1-8(13-16-7-11(12)15)6-9-2-4-10(14)5-3-9/h2-5,8,13-14H,6-7H2,1H3,(H2,12,15). The van der Waals surface area contributed by atoms with E-state index in [1.54, 1.807) is 12.1 Å². The number of phenolic OH excluding ortho intramolecular Hbond substituents is 1. The van der Waals surface area contributed by atoms with Gasteiger partial charge in [-0.15, -0.1) is 0 Å². The Morgan fingerprint density at radius 2 is 2.12 bits per heavy atom. The van der Waals surface area contributed by atoms with E-state index >= 15 is 0 Å². The van der Waals surface area contributed by atoms with E-state index in [0.717, 1.165) is 12.0 Å². The second-order valence-electron chi connectivity index (χ2n) is 3.64. The lowest BCUT2D eigenvalue weighted by molar-refractivity contribution is -0.125. The molecule has 1 amide bonds. The van der Waals surface area contributed by atoms with Gasteiger partial charge < -0.3 is 10.8 Å². The number of amides is 1. The minimum atomic E-state index is -0.510. The summed E-state index contributed by atoms with van der Waals surface area (Å²) < 4.78 is 0. The van der Waals surface area contributed by atoms with Gasteiger partial charge >= 0.3 is 0 Å². The van der Waals surface area contributed by atoms with Crippen LogP contribution in [0.2, 0.25) is 0 Å². The largest absolute Gasteiger partial charge is 0.508 e. The Balaban J connectivity index is 2.31. The summed E-state index contributed by atoms with van der Waals surface area (Å²) in [5.41, 5.74) is 8.70. The van der Waals surface area contributed by atoms with Crippen LogP contribution < -0.4 is 11.2 Å². The number of benzene rings is 1. The van der Waals surface area contributed by atoms with Crippen LogP contribution in [0.1, 0.15) is 12.5 Å². The van der Waals surface area contributed by atoms with Crippen LogP contribution in [-0.2, 0) is 16.1 Å². The minimum absolute atomic E-state index is 0.0592. The van der Waals surface area contributed by atoms with Gasteiger partial charge in [-0.25, -0.2) is 0 Å². The molecule has 0 radical (unpaired) electrons. The van der Waals surface area contributed by atoms with E-state index < -0.39 is 5.91 Å². The quantitative estimate of drug-likeness (QED) is 0.608. The molecule has 0 heterocycles. The van der Waals surface area contributed by atoms with Crippen molar-refractivity contribution in [2.75, 3.05) is 6.61 Å². The van der Waals surface area contributed by atoms with Crippen LogP contribution >= 0.6 is 0 Å².